The second-order valence-corrected chi connectivity index (χ2v) is 6.95. The molecule has 0 atom stereocenters. The number of aromatic nitrogens is 3. The standard InChI is InChI=1S/C17H17BrN4S/c1-2-22-16(13-5-9-15(19)10-6-13)20-21-17(22)23-11-12-3-7-14(18)8-4-12/h3-10H,2,11,19H2,1H3. The van der Waals surface area contributed by atoms with E-state index in [1.807, 2.05) is 24.3 Å². The van der Waals surface area contributed by atoms with Crippen LogP contribution in [-0.4, -0.2) is 14.8 Å². The number of hydrogen-bond acceptors (Lipinski definition) is 4. The van der Waals surface area contributed by atoms with E-state index in [1.165, 1.54) is 5.56 Å². The zero-order valence-electron chi connectivity index (χ0n) is 12.7. The second kappa shape index (κ2) is 7.19. The highest BCUT2D eigenvalue weighted by molar-refractivity contribution is 9.10. The van der Waals surface area contributed by atoms with E-state index >= 15 is 0 Å². The first-order valence-corrected chi connectivity index (χ1v) is 9.11. The first-order valence-electron chi connectivity index (χ1n) is 7.33. The van der Waals surface area contributed by atoms with E-state index in [1.54, 1.807) is 11.8 Å². The fourth-order valence-electron chi connectivity index (χ4n) is 2.25. The summed E-state index contributed by atoms with van der Waals surface area (Å²) in [6, 6.07) is 16.1. The predicted molar refractivity (Wildman–Crippen MR) is 99.2 cm³/mol. The molecule has 0 amide bonds. The fourth-order valence-corrected chi connectivity index (χ4v) is 3.48. The van der Waals surface area contributed by atoms with Gasteiger partial charge in [-0.1, -0.05) is 39.8 Å². The number of rotatable bonds is 5. The van der Waals surface area contributed by atoms with Gasteiger partial charge in [0.2, 0.25) is 0 Å². The van der Waals surface area contributed by atoms with Crippen LogP contribution in [0, 0.1) is 0 Å². The molecule has 23 heavy (non-hydrogen) atoms. The Morgan fingerprint density at radius 1 is 1.04 bits per heavy atom. The van der Waals surface area contributed by atoms with Crippen molar-refractivity contribution < 1.29 is 0 Å². The van der Waals surface area contributed by atoms with Crippen LogP contribution in [0.5, 0.6) is 0 Å². The lowest BCUT2D eigenvalue weighted by Crippen LogP contribution is -2.00. The van der Waals surface area contributed by atoms with Gasteiger partial charge in [0.15, 0.2) is 11.0 Å². The molecule has 1 heterocycles. The Bertz CT molecular complexity index is 781. The number of halogens is 1. The normalized spacial score (nSPS) is 10.9. The van der Waals surface area contributed by atoms with E-state index in [4.69, 9.17) is 5.73 Å². The Morgan fingerprint density at radius 3 is 2.39 bits per heavy atom. The van der Waals surface area contributed by atoms with Crippen LogP contribution >= 0.6 is 27.7 Å². The Morgan fingerprint density at radius 2 is 1.74 bits per heavy atom. The topological polar surface area (TPSA) is 56.7 Å². The molecular weight excluding hydrogens is 372 g/mol. The zero-order valence-corrected chi connectivity index (χ0v) is 15.1. The summed E-state index contributed by atoms with van der Waals surface area (Å²) in [6.45, 7) is 2.93. The molecule has 0 saturated carbocycles. The lowest BCUT2D eigenvalue weighted by Gasteiger charge is -2.07. The average molecular weight is 389 g/mol. The molecule has 0 spiro atoms. The molecule has 2 aromatic carbocycles. The van der Waals surface area contributed by atoms with E-state index < -0.39 is 0 Å². The predicted octanol–water partition coefficient (Wildman–Crippen LogP) is 4.60. The van der Waals surface area contributed by atoms with Gasteiger partial charge in [0, 0.05) is 28.0 Å². The smallest absolute Gasteiger partial charge is 0.191 e. The Labute approximate surface area is 148 Å². The third-order valence-corrected chi connectivity index (χ3v) is 5.05. The highest BCUT2D eigenvalue weighted by Crippen LogP contribution is 2.27. The van der Waals surface area contributed by atoms with Crippen molar-refractivity contribution in [1.29, 1.82) is 0 Å². The summed E-state index contributed by atoms with van der Waals surface area (Å²) >= 11 is 5.15. The van der Waals surface area contributed by atoms with E-state index in [-0.39, 0.29) is 0 Å². The van der Waals surface area contributed by atoms with Crippen molar-refractivity contribution >= 4 is 33.4 Å². The van der Waals surface area contributed by atoms with Crippen LogP contribution < -0.4 is 5.73 Å². The van der Waals surface area contributed by atoms with Gasteiger partial charge in [-0.05, 0) is 48.9 Å². The lowest BCUT2D eigenvalue weighted by atomic mass is 10.2. The van der Waals surface area contributed by atoms with Crippen molar-refractivity contribution in [1.82, 2.24) is 14.8 Å². The van der Waals surface area contributed by atoms with Crippen molar-refractivity contribution in [2.75, 3.05) is 5.73 Å². The average Bonchev–Trinajstić information content (AvgIpc) is 2.98. The minimum Gasteiger partial charge on any atom is -0.399 e. The van der Waals surface area contributed by atoms with Crippen LogP contribution in [0.3, 0.4) is 0 Å². The van der Waals surface area contributed by atoms with E-state index in [0.717, 1.165) is 39.0 Å². The van der Waals surface area contributed by atoms with E-state index in [9.17, 15) is 0 Å². The van der Waals surface area contributed by atoms with E-state index in [0.29, 0.717) is 0 Å². The minimum absolute atomic E-state index is 0.751. The molecule has 0 radical (unpaired) electrons. The van der Waals surface area contributed by atoms with Crippen LogP contribution in [0.2, 0.25) is 0 Å². The monoisotopic (exact) mass is 388 g/mol. The van der Waals surface area contributed by atoms with Gasteiger partial charge < -0.3 is 10.3 Å². The quantitative estimate of drug-likeness (QED) is 0.512. The van der Waals surface area contributed by atoms with Gasteiger partial charge in [-0.15, -0.1) is 10.2 Å². The lowest BCUT2D eigenvalue weighted by molar-refractivity contribution is 0.687. The third-order valence-electron chi connectivity index (χ3n) is 3.48. The molecule has 6 heteroatoms. The molecule has 4 nitrogen and oxygen atoms in total. The van der Waals surface area contributed by atoms with Gasteiger partial charge in [-0.2, -0.15) is 0 Å². The first kappa shape index (κ1) is 16.1. The summed E-state index contributed by atoms with van der Waals surface area (Å²) in [5.74, 6) is 1.75. The van der Waals surface area contributed by atoms with Crippen LogP contribution in [0.1, 0.15) is 12.5 Å². The molecule has 0 bridgehead atoms. The number of nitrogen functional groups attached to an aromatic ring is 1. The van der Waals surface area contributed by atoms with Crippen molar-refractivity contribution in [3.63, 3.8) is 0 Å². The number of hydrogen-bond donors (Lipinski definition) is 1. The molecular formula is C17H17BrN4S. The number of anilines is 1. The molecule has 0 unspecified atom stereocenters. The summed E-state index contributed by atoms with van der Waals surface area (Å²) in [4.78, 5) is 0. The number of benzene rings is 2. The summed E-state index contributed by atoms with van der Waals surface area (Å²) in [5.41, 5.74) is 8.80. The van der Waals surface area contributed by atoms with Crippen LogP contribution in [0.25, 0.3) is 11.4 Å². The maximum absolute atomic E-state index is 5.75. The van der Waals surface area contributed by atoms with Crippen molar-refractivity contribution in [2.45, 2.75) is 24.4 Å². The van der Waals surface area contributed by atoms with Crippen LogP contribution in [0.4, 0.5) is 5.69 Å². The molecule has 3 aromatic rings. The Hall–Kier alpha value is -1.79. The van der Waals surface area contributed by atoms with Gasteiger partial charge in [-0.3, -0.25) is 0 Å². The first-order chi connectivity index (χ1) is 11.2. The maximum atomic E-state index is 5.75. The zero-order chi connectivity index (χ0) is 16.2. The summed E-state index contributed by atoms with van der Waals surface area (Å²) in [5, 5.41) is 9.64. The summed E-state index contributed by atoms with van der Waals surface area (Å²) < 4.78 is 3.23. The molecule has 2 N–H and O–H groups in total. The fraction of sp³-hybridized carbons (Fsp3) is 0.176. The van der Waals surface area contributed by atoms with Gasteiger partial charge in [0.05, 0.1) is 0 Å². The SMILES string of the molecule is CCn1c(SCc2ccc(Br)cc2)nnc1-c1ccc(N)cc1. The molecule has 0 saturated heterocycles. The van der Waals surface area contributed by atoms with E-state index in [2.05, 4.69) is 61.9 Å². The van der Waals surface area contributed by atoms with Gasteiger partial charge in [0.25, 0.3) is 0 Å². The maximum Gasteiger partial charge on any atom is 0.191 e. The summed E-state index contributed by atoms with van der Waals surface area (Å²) in [6.07, 6.45) is 0. The van der Waals surface area contributed by atoms with Gasteiger partial charge in [0.1, 0.15) is 0 Å². The number of nitrogens with two attached hydrogens (primary N) is 1. The van der Waals surface area contributed by atoms with Crippen molar-refractivity contribution in [3.05, 3.63) is 58.6 Å². The molecule has 0 aliphatic rings. The number of thioether (sulfide) groups is 1. The van der Waals surface area contributed by atoms with Crippen molar-refractivity contribution in [3.8, 4) is 11.4 Å². The molecule has 118 valence electrons. The van der Waals surface area contributed by atoms with Gasteiger partial charge in [-0.25, -0.2) is 0 Å². The molecule has 3 rings (SSSR count). The minimum atomic E-state index is 0.751. The second-order valence-electron chi connectivity index (χ2n) is 5.09. The molecule has 0 aliphatic carbocycles. The molecule has 0 fully saturated rings. The highest BCUT2D eigenvalue weighted by atomic mass is 79.9. The summed E-state index contributed by atoms with van der Waals surface area (Å²) in [7, 11) is 0. The third kappa shape index (κ3) is 3.76. The largest absolute Gasteiger partial charge is 0.399 e. The number of nitrogens with zero attached hydrogens (tertiary/aromatic N) is 3. The highest BCUT2D eigenvalue weighted by Gasteiger charge is 2.13. The van der Waals surface area contributed by atoms with Crippen LogP contribution in [-0.2, 0) is 12.3 Å². The molecule has 1 aromatic heterocycles. The molecule has 0 aliphatic heterocycles. The van der Waals surface area contributed by atoms with Crippen molar-refractivity contribution in [2.24, 2.45) is 0 Å². The van der Waals surface area contributed by atoms with Gasteiger partial charge >= 0.3 is 0 Å². The Balaban J connectivity index is 1.80. The Kier molecular flexibility index (Phi) is 5.03. The van der Waals surface area contributed by atoms with Crippen LogP contribution in [0.15, 0.2) is 58.2 Å².